The van der Waals surface area contributed by atoms with Crippen molar-refractivity contribution in [3.05, 3.63) is 127 Å². The molecule has 4 nitrogen and oxygen atoms in total. The van der Waals surface area contributed by atoms with Crippen molar-refractivity contribution in [2.45, 2.75) is 24.1 Å². The summed E-state index contributed by atoms with van der Waals surface area (Å²) in [6.45, 7) is -2.21. The molecule has 8 rings (SSSR count). The Hall–Kier alpha value is -4.03. The predicted octanol–water partition coefficient (Wildman–Crippen LogP) is 9.75. The summed E-state index contributed by atoms with van der Waals surface area (Å²) >= 11 is -1.72. The largest absolute Gasteiger partial charge is 0 e. The quantitative estimate of drug-likeness (QED) is 0.132. The predicted molar refractivity (Wildman–Crippen MR) is 179 cm³/mol. The minimum atomic E-state index is -2.21. The molecule has 4 aromatic heterocycles. The van der Waals surface area contributed by atoms with Gasteiger partial charge in [0.2, 0.25) is 0 Å². The molecule has 4 aromatic carbocycles. The maximum absolute atomic E-state index is 7.69. The van der Waals surface area contributed by atoms with Gasteiger partial charge in [-0.15, -0.1) is 18.2 Å². The molecule has 6 heteroatoms. The molecule has 0 atom stereocenters. The number of para-hydroxylation sites is 1. The third-order valence-corrected chi connectivity index (χ3v) is 11.8. The van der Waals surface area contributed by atoms with Crippen LogP contribution in [0.5, 0.6) is 0 Å². The molecule has 0 bridgehead atoms. The van der Waals surface area contributed by atoms with Crippen LogP contribution in [0.15, 0.2) is 118 Å². The molecule has 0 fully saturated rings. The minimum absolute atomic E-state index is 0. The molecule has 4 heterocycles. The van der Waals surface area contributed by atoms with Crippen LogP contribution in [0.4, 0.5) is 0 Å². The van der Waals surface area contributed by atoms with Crippen LogP contribution >= 0.6 is 0 Å². The fraction of sp³-hybridized carbons (Fsp3) is 0.105. The van der Waals surface area contributed by atoms with E-state index in [4.69, 9.17) is 12.9 Å². The van der Waals surface area contributed by atoms with Crippen LogP contribution in [0.3, 0.4) is 0 Å². The third-order valence-electron chi connectivity index (χ3n) is 7.58. The van der Waals surface area contributed by atoms with Crippen molar-refractivity contribution < 1.29 is 33.1 Å². The number of nitrogens with zero attached hydrogens (tertiary/aromatic N) is 2. The molecular weight excluding hydrogens is 781 g/mol. The maximum atomic E-state index is 7.69. The minimum Gasteiger partial charge on any atom is 0 e. The van der Waals surface area contributed by atoms with Crippen LogP contribution in [-0.4, -0.2) is 23.2 Å². The number of fused-ring (bicyclic) bond motifs is 7. The van der Waals surface area contributed by atoms with Gasteiger partial charge in [-0.1, -0.05) is 46.8 Å². The zero-order valence-corrected chi connectivity index (χ0v) is 28.9. The Bertz CT molecular complexity index is 2340. The number of benzene rings is 4. The van der Waals surface area contributed by atoms with Gasteiger partial charge in [-0.3, -0.25) is 0 Å². The summed E-state index contributed by atoms with van der Waals surface area (Å²) < 4.78 is 36.9. The number of aromatic nitrogens is 2. The second-order valence-electron chi connectivity index (χ2n) is 11.5. The molecular formula is C38H30GeIrN2O2-2. The third kappa shape index (κ3) is 5.64. The molecule has 1 radical (unpaired) electrons. The van der Waals surface area contributed by atoms with Gasteiger partial charge in [-0.05, 0) is 30.7 Å². The molecule has 0 N–H and O–H groups in total. The Balaban J connectivity index is 0.000000194. The van der Waals surface area contributed by atoms with E-state index in [2.05, 4.69) is 51.5 Å². The molecule has 219 valence electrons. The molecule has 0 spiro atoms. The molecule has 0 amide bonds. The first-order chi connectivity index (χ1) is 22.1. The first kappa shape index (κ1) is 26.4. The molecule has 0 aliphatic heterocycles. The summed E-state index contributed by atoms with van der Waals surface area (Å²) in [4.78, 5) is 8.91. The number of hydrogen-bond acceptors (Lipinski definition) is 4. The van der Waals surface area contributed by atoms with Crippen molar-refractivity contribution in [2.75, 3.05) is 0 Å². The van der Waals surface area contributed by atoms with E-state index in [-0.39, 0.29) is 25.7 Å². The maximum Gasteiger partial charge on any atom is 0 e. The Morgan fingerprint density at radius 1 is 0.682 bits per heavy atom. The van der Waals surface area contributed by atoms with Crippen molar-refractivity contribution in [3.8, 4) is 22.5 Å². The van der Waals surface area contributed by atoms with E-state index in [0.717, 1.165) is 38.4 Å². The second kappa shape index (κ2) is 12.2. The van der Waals surface area contributed by atoms with Gasteiger partial charge in [-0.2, -0.15) is 0 Å². The van der Waals surface area contributed by atoms with Gasteiger partial charge in [-0.25, -0.2) is 0 Å². The first-order valence-electron chi connectivity index (χ1n) is 15.7. The zero-order chi connectivity index (χ0) is 32.1. The molecule has 0 unspecified atom stereocenters. The average molecular weight is 815 g/mol. The summed E-state index contributed by atoms with van der Waals surface area (Å²) in [6.07, 6.45) is 3.54. The van der Waals surface area contributed by atoms with E-state index in [1.54, 1.807) is 12.1 Å². The van der Waals surface area contributed by atoms with Crippen molar-refractivity contribution in [1.29, 1.82) is 0 Å². The normalized spacial score (nSPS) is 12.8. The van der Waals surface area contributed by atoms with E-state index >= 15 is 0 Å². The van der Waals surface area contributed by atoms with Gasteiger partial charge in [0.15, 0.2) is 11.2 Å². The number of aryl methyl sites for hydroxylation is 1. The Labute approximate surface area is 277 Å². The summed E-state index contributed by atoms with van der Waals surface area (Å²) in [6, 6.07) is 37.4. The van der Waals surface area contributed by atoms with Crippen LogP contribution in [0.1, 0.15) is 9.68 Å². The summed E-state index contributed by atoms with van der Waals surface area (Å²) in [7, 11) is 0. The summed E-state index contributed by atoms with van der Waals surface area (Å²) in [5.74, 6) is 7.14. The number of rotatable bonds is 3. The number of pyridine rings is 2. The Morgan fingerprint density at radius 3 is 2.20 bits per heavy atom. The van der Waals surface area contributed by atoms with Crippen molar-refractivity contribution in [1.82, 2.24) is 9.97 Å². The standard InChI is InChI=1S/C24H14NO2.C14H16GeN.Ir/c1-14-11-12-25-20(13-14)19-7-4-6-16-18-10-9-17-15-5-2-3-8-21(15)26-23(17)24(18)27-22(16)19;1-15(2,3)13-9-10-14(16-11-13)12-7-5-4-6-8-12;/h2-6,8-13H,1H3;4-7,9-11H,1-3H3;/q2*-1;/i1D3;;. The van der Waals surface area contributed by atoms with E-state index in [1.165, 1.54) is 16.7 Å². The zero-order valence-electron chi connectivity index (χ0n) is 27.4. The molecule has 8 aromatic rings. The monoisotopic (exact) mass is 816 g/mol. The van der Waals surface area contributed by atoms with Crippen LogP contribution in [0.2, 0.25) is 17.3 Å². The SMILES string of the molecule is [2H]C([2H])([2H])c1ccnc(-c2[c-]ccc3c2oc2c3ccc3c4ccccc4oc32)c1.[CH3][Ge]([CH3])([CH3])[c]1ccc(-c2[c-]cccc2)nc1.[Ir]. The van der Waals surface area contributed by atoms with Crippen molar-refractivity contribution >= 4 is 61.5 Å². The topological polar surface area (TPSA) is 52.1 Å². The van der Waals surface area contributed by atoms with Gasteiger partial charge in [0.25, 0.3) is 0 Å². The number of hydrogen-bond donors (Lipinski definition) is 0. The molecule has 0 saturated carbocycles. The van der Waals surface area contributed by atoms with Gasteiger partial charge in [0.1, 0.15) is 5.58 Å². The molecule has 0 aliphatic rings. The average Bonchev–Trinajstić information content (AvgIpc) is 3.64. The second-order valence-corrected chi connectivity index (χ2v) is 22.2. The summed E-state index contributed by atoms with van der Waals surface area (Å²) in [5.41, 5.74) is 6.20. The van der Waals surface area contributed by atoms with E-state index in [0.29, 0.717) is 28.0 Å². The summed E-state index contributed by atoms with van der Waals surface area (Å²) in [5, 5.41) is 3.86. The smallest absolute Gasteiger partial charge is 0 e. The fourth-order valence-electron chi connectivity index (χ4n) is 5.29. The first-order valence-corrected chi connectivity index (χ1v) is 21.5. The van der Waals surface area contributed by atoms with Crippen molar-refractivity contribution in [3.63, 3.8) is 0 Å². The van der Waals surface area contributed by atoms with Crippen LogP contribution < -0.4 is 4.40 Å². The van der Waals surface area contributed by atoms with Crippen molar-refractivity contribution in [2.24, 2.45) is 0 Å². The van der Waals surface area contributed by atoms with Gasteiger partial charge < -0.3 is 13.8 Å². The number of furan rings is 2. The van der Waals surface area contributed by atoms with E-state index in [9.17, 15) is 0 Å². The van der Waals surface area contributed by atoms with Gasteiger partial charge in [0, 0.05) is 46.6 Å². The molecule has 44 heavy (non-hydrogen) atoms. The van der Waals surface area contributed by atoms with Gasteiger partial charge in [0.05, 0.1) is 5.58 Å². The molecule has 0 saturated heterocycles. The van der Waals surface area contributed by atoms with Crippen LogP contribution in [-0.2, 0) is 20.1 Å². The van der Waals surface area contributed by atoms with E-state index < -0.39 is 20.1 Å². The van der Waals surface area contributed by atoms with Gasteiger partial charge >= 0.3 is 99.8 Å². The van der Waals surface area contributed by atoms with Crippen LogP contribution in [0, 0.1) is 19.0 Å². The Morgan fingerprint density at radius 2 is 1.45 bits per heavy atom. The van der Waals surface area contributed by atoms with Crippen LogP contribution in [0.25, 0.3) is 66.4 Å². The Kier molecular flexibility index (Phi) is 7.29. The van der Waals surface area contributed by atoms with E-state index in [1.807, 2.05) is 72.9 Å². The molecule has 0 aliphatic carbocycles. The fourth-order valence-corrected chi connectivity index (χ4v) is 7.46.